The molecule has 0 saturated carbocycles. The number of furan rings is 1. The topological polar surface area (TPSA) is 129 Å². The Morgan fingerprint density at radius 1 is 1.09 bits per heavy atom. The zero-order chi connectivity index (χ0) is 24.8. The molecule has 0 spiro atoms. The van der Waals surface area contributed by atoms with Gasteiger partial charge in [-0.05, 0) is 50.1 Å². The molecule has 0 bridgehead atoms. The largest absolute Gasteiger partial charge is 0.458 e. The van der Waals surface area contributed by atoms with Crippen LogP contribution in [0.15, 0.2) is 63.9 Å². The molecule has 35 heavy (non-hydrogen) atoms. The fourth-order valence-corrected chi connectivity index (χ4v) is 5.96. The van der Waals surface area contributed by atoms with Crippen LogP contribution in [0.3, 0.4) is 0 Å². The highest BCUT2D eigenvalue weighted by atomic mass is 32.2. The maximum Gasteiger partial charge on any atom is 0.325 e. The molecule has 3 heterocycles. The van der Waals surface area contributed by atoms with Crippen LogP contribution in [0, 0.1) is 0 Å². The lowest BCUT2D eigenvalue weighted by atomic mass is 9.99. The molecule has 2 aromatic carbocycles. The number of hydrogen-bond acceptors (Lipinski definition) is 6. The molecular formula is C24H24N4O6S. The van der Waals surface area contributed by atoms with E-state index >= 15 is 0 Å². The monoisotopic (exact) mass is 496 g/mol. The van der Waals surface area contributed by atoms with Crippen molar-refractivity contribution >= 4 is 44.5 Å². The van der Waals surface area contributed by atoms with Crippen molar-refractivity contribution in [3.63, 3.8) is 0 Å². The summed E-state index contributed by atoms with van der Waals surface area (Å²) in [4.78, 5) is 39.3. The molecule has 2 aliphatic rings. The van der Waals surface area contributed by atoms with Crippen molar-refractivity contribution in [1.82, 2.24) is 14.5 Å². The van der Waals surface area contributed by atoms with Gasteiger partial charge in [0.15, 0.2) is 5.54 Å². The van der Waals surface area contributed by atoms with Gasteiger partial charge in [0.2, 0.25) is 15.9 Å². The number of urea groups is 1. The van der Waals surface area contributed by atoms with Crippen LogP contribution >= 0.6 is 0 Å². The second-order valence-corrected chi connectivity index (χ2v) is 10.7. The van der Waals surface area contributed by atoms with Crippen molar-refractivity contribution in [3.05, 3.63) is 60.4 Å². The first-order chi connectivity index (χ1) is 16.7. The average Bonchev–Trinajstić information content (AvgIpc) is 3.56. The van der Waals surface area contributed by atoms with Gasteiger partial charge in [0.25, 0.3) is 5.91 Å². The Hall–Kier alpha value is -3.70. The second-order valence-electron chi connectivity index (χ2n) is 8.78. The fourth-order valence-electron chi connectivity index (χ4n) is 4.39. The van der Waals surface area contributed by atoms with Gasteiger partial charge in [0, 0.05) is 24.2 Å². The number of imide groups is 1. The number of rotatable bonds is 6. The summed E-state index contributed by atoms with van der Waals surface area (Å²) in [5.74, 6) is -1.00. The van der Waals surface area contributed by atoms with Crippen molar-refractivity contribution in [2.75, 3.05) is 25.0 Å². The second kappa shape index (κ2) is 8.51. The summed E-state index contributed by atoms with van der Waals surface area (Å²) in [7, 11) is -3.65. The van der Waals surface area contributed by atoms with E-state index in [2.05, 4.69) is 10.6 Å². The zero-order valence-corrected chi connectivity index (χ0v) is 19.8. The number of para-hydroxylation sites is 1. The van der Waals surface area contributed by atoms with E-state index in [9.17, 15) is 22.8 Å². The Morgan fingerprint density at radius 2 is 1.83 bits per heavy atom. The molecule has 11 heteroatoms. The molecule has 182 valence electrons. The van der Waals surface area contributed by atoms with Gasteiger partial charge in [-0.15, -0.1) is 0 Å². The Morgan fingerprint density at radius 3 is 2.57 bits per heavy atom. The van der Waals surface area contributed by atoms with Crippen LogP contribution in [-0.2, 0) is 25.2 Å². The standard InChI is InChI=1S/C24H24N4O6S/c1-24(20-13-16-7-2-3-10-19(16)34-20)22(30)28(23(31)26-24)15-21(29)25-17-8-6-9-18(14-17)35(32,33)27-11-4-5-12-27/h2-3,6-10,13-14H,4-5,11-12,15H2,1H3,(H,25,29)(H,26,31)/t24-/m0/s1. The van der Waals surface area contributed by atoms with Gasteiger partial charge >= 0.3 is 6.03 Å². The van der Waals surface area contributed by atoms with E-state index in [0.717, 1.165) is 23.1 Å². The van der Waals surface area contributed by atoms with Crippen LogP contribution in [-0.4, -0.2) is 55.1 Å². The molecule has 10 nitrogen and oxygen atoms in total. The summed E-state index contributed by atoms with van der Waals surface area (Å²) >= 11 is 0. The average molecular weight is 497 g/mol. The number of benzene rings is 2. The van der Waals surface area contributed by atoms with Gasteiger partial charge in [0.05, 0.1) is 4.90 Å². The van der Waals surface area contributed by atoms with Crippen molar-refractivity contribution in [2.45, 2.75) is 30.2 Å². The number of carbonyl (C=O) groups is 3. The molecule has 0 unspecified atom stereocenters. The summed E-state index contributed by atoms with van der Waals surface area (Å²) in [6.45, 7) is 1.92. The minimum absolute atomic E-state index is 0.0738. The first kappa shape index (κ1) is 23.1. The number of anilines is 1. The molecule has 0 aliphatic carbocycles. The maximum atomic E-state index is 13.2. The third-order valence-electron chi connectivity index (χ3n) is 6.32. The molecular weight excluding hydrogens is 472 g/mol. The molecule has 2 aliphatic heterocycles. The maximum absolute atomic E-state index is 13.2. The molecule has 2 saturated heterocycles. The highest BCUT2D eigenvalue weighted by Crippen LogP contribution is 2.33. The quantitative estimate of drug-likeness (QED) is 0.505. The Bertz CT molecular complexity index is 1410. The first-order valence-corrected chi connectivity index (χ1v) is 12.7. The molecule has 3 aromatic rings. The molecule has 1 atom stereocenters. The van der Waals surface area contributed by atoms with E-state index in [1.165, 1.54) is 29.4 Å². The van der Waals surface area contributed by atoms with Gasteiger partial charge < -0.3 is 15.1 Å². The third kappa shape index (κ3) is 4.06. The van der Waals surface area contributed by atoms with Crippen LogP contribution in [0.5, 0.6) is 0 Å². The highest BCUT2D eigenvalue weighted by Gasteiger charge is 2.51. The van der Waals surface area contributed by atoms with Gasteiger partial charge in [-0.1, -0.05) is 24.3 Å². The zero-order valence-electron chi connectivity index (χ0n) is 19.0. The minimum atomic E-state index is -3.65. The molecule has 2 fully saturated rings. The van der Waals surface area contributed by atoms with Crippen LogP contribution in [0.4, 0.5) is 10.5 Å². The fraction of sp³-hybridized carbons (Fsp3) is 0.292. The summed E-state index contributed by atoms with van der Waals surface area (Å²) in [5, 5.41) is 5.98. The number of amides is 4. The summed E-state index contributed by atoms with van der Waals surface area (Å²) < 4.78 is 32.8. The van der Waals surface area contributed by atoms with Crippen molar-refractivity contribution < 1.29 is 27.2 Å². The van der Waals surface area contributed by atoms with E-state index in [-0.39, 0.29) is 16.3 Å². The lowest BCUT2D eigenvalue weighted by Crippen LogP contribution is -2.41. The summed E-state index contributed by atoms with van der Waals surface area (Å²) in [5.41, 5.74) is -0.631. The highest BCUT2D eigenvalue weighted by molar-refractivity contribution is 7.89. The Balaban J connectivity index is 1.30. The van der Waals surface area contributed by atoms with E-state index in [1.54, 1.807) is 24.3 Å². The van der Waals surface area contributed by atoms with Gasteiger partial charge in [-0.3, -0.25) is 14.5 Å². The summed E-state index contributed by atoms with van der Waals surface area (Å²) in [6, 6.07) is 14.1. The first-order valence-electron chi connectivity index (χ1n) is 11.2. The van der Waals surface area contributed by atoms with Crippen molar-refractivity contribution in [1.29, 1.82) is 0 Å². The van der Waals surface area contributed by atoms with E-state index < -0.39 is 40.0 Å². The van der Waals surface area contributed by atoms with Gasteiger partial charge in [-0.2, -0.15) is 4.31 Å². The van der Waals surface area contributed by atoms with Gasteiger partial charge in [-0.25, -0.2) is 13.2 Å². The molecule has 2 N–H and O–H groups in total. The Labute approximate surface area is 201 Å². The molecule has 5 rings (SSSR count). The third-order valence-corrected chi connectivity index (χ3v) is 8.21. The number of carbonyl (C=O) groups excluding carboxylic acids is 3. The Kier molecular flexibility index (Phi) is 5.60. The van der Waals surface area contributed by atoms with Crippen molar-refractivity contribution in [2.24, 2.45) is 0 Å². The normalized spacial score (nSPS) is 21.0. The number of nitrogens with one attached hydrogen (secondary N) is 2. The van der Waals surface area contributed by atoms with Crippen LogP contribution < -0.4 is 10.6 Å². The van der Waals surface area contributed by atoms with Crippen LogP contribution in [0.2, 0.25) is 0 Å². The molecule has 4 amide bonds. The predicted molar refractivity (Wildman–Crippen MR) is 127 cm³/mol. The SMILES string of the molecule is C[C@@]1(c2cc3ccccc3o2)NC(=O)N(CC(=O)Nc2cccc(S(=O)(=O)N3CCCC3)c2)C1=O. The lowest BCUT2D eigenvalue weighted by molar-refractivity contribution is -0.134. The minimum Gasteiger partial charge on any atom is -0.458 e. The molecule has 1 aromatic heterocycles. The predicted octanol–water partition coefficient (Wildman–Crippen LogP) is 2.62. The van der Waals surface area contributed by atoms with E-state index in [0.29, 0.717) is 18.7 Å². The van der Waals surface area contributed by atoms with E-state index in [1.807, 2.05) is 12.1 Å². The van der Waals surface area contributed by atoms with E-state index in [4.69, 9.17) is 4.42 Å². The molecule has 0 radical (unpaired) electrons. The van der Waals surface area contributed by atoms with Crippen LogP contribution in [0.25, 0.3) is 11.0 Å². The lowest BCUT2D eigenvalue weighted by Gasteiger charge is -2.19. The number of hydrogen-bond donors (Lipinski definition) is 2. The summed E-state index contributed by atoms with van der Waals surface area (Å²) in [6.07, 6.45) is 1.63. The number of sulfonamides is 1. The number of nitrogens with zero attached hydrogens (tertiary/aromatic N) is 2. The van der Waals surface area contributed by atoms with Crippen molar-refractivity contribution in [3.8, 4) is 0 Å². The van der Waals surface area contributed by atoms with Gasteiger partial charge in [0.1, 0.15) is 17.9 Å². The smallest absolute Gasteiger partial charge is 0.325 e. The van der Waals surface area contributed by atoms with Crippen LogP contribution in [0.1, 0.15) is 25.5 Å². The number of fused-ring (bicyclic) bond motifs is 1.